The Morgan fingerprint density at radius 1 is 1.07 bits per heavy atom. The first kappa shape index (κ1) is 18.4. The molecule has 2 heterocycles. The first-order chi connectivity index (χ1) is 14.0. The van der Waals surface area contributed by atoms with Crippen LogP contribution in [0.5, 0.6) is 5.75 Å². The molecule has 2 aromatic carbocycles. The van der Waals surface area contributed by atoms with E-state index >= 15 is 0 Å². The summed E-state index contributed by atoms with van der Waals surface area (Å²) in [5, 5.41) is 0.558. The van der Waals surface area contributed by atoms with E-state index < -0.39 is 5.56 Å². The molecule has 6 nitrogen and oxygen atoms in total. The van der Waals surface area contributed by atoms with Gasteiger partial charge < -0.3 is 10.5 Å². The number of carbonyl (C=O) groups is 1. The average Bonchev–Trinajstić information content (AvgIpc) is 2.76. The molecule has 0 spiro atoms. The Balaban J connectivity index is 2.17. The summed E-state index contributed by atoms with van der Waals surface area (Å²) in [7, 11) is 3.15. The number of hydrogen-bond acceptors (Lipinski definition) is 5. The van der Waals surface area contributed by atoms with E-state index in [1.54, 1.807) is 68.9 Å². The van der Waals surface area contributed by atoms with Gasteiger partial charge in [0.05, 0.1) is 12.7 Å². The quantitative estimate of drug-likeness (QED) is 0.544. The molecule has 2 N–H and O–H groups in total. The van der Waals surface area contributed by atoms with Crippen molar-refractivity contribution in [1.82, 2.24) is 9.55 Å². The molecule has 0 atom stereocenters. The van der Waals surface area contributed by atoms with E-state index in [1.165, 1.54) is 4.57 Å². The molecule has 2 aromatic heterocycles. The Hall–Kier alpha value is -3.93. The van der Waals surface area contributed by atoms with Gasteiger partial charge in [-0.3, -0.25) is 14.2 Å². The normalized spacial score (nSPS) is 10.8. The summed E-state index contributed by atoms with van der Waals surface area (Å²) >= 11 is 0. The molecular weight excluding hydrogens is 366 g/mol. The number of ketones is 1. The molecule has 0 saturated carbocycles. The monoisotopic (exact) mass is 385 g/mol. The van der Waals surface area contributed by atoms with Crippen molar-refractivity contribution in [2.75, 3.05) is 12.8 Å². The van der Waals surface area contributed by atoms with E-state index in [1.807, 2.05) is 12.1 Å². The largest absolute Gasteiger partial charge is 0.497 e. The van der Waals surface area contributed by atoms with Gasteiger partial charge in [-0.15, -0.1) is 0 Å². The molecule has 144 valence electrons. The molecule has 29 heavy (non-hydrogen) atoms. The standard InChI is InChI=1S/C23H19N3O3/c1-26-22-19(17(24)11-12-25-22)18(15-9-6-10-16(13-15)29-2)20(23(26)28)21(27)14-7-4-3-5-8-14/h3-13H,1-2H3,(H2,24,25). The van der Waals surface area contributed by atoms with Gasteiger partial charge in [-0.05, 0) is 23.8 Å². The summed E-state index contributed by atoms with van der Waals surface area (Å²) < 4.78 is 6.71. The lowest BCUT2D eigenvalue weighted by Crippen LogP contribution is -2.27. The van der Waals surface area contributed by atoms with Crippen LogP contribution >= 0.6 is 0 Å². The Morgan fingerprint density at radius 2 is 1.83 bits per heavy atom. The SMILES string of the molecule is COc1cccc(-c2c(C(=O)c3ccccc3)c(=O)n(C)c3nccc(N)c23)c1. The number of nitrogens with two attached hydrogens (primary N) is 1. The van der Waals surface area contributed by atoms with Crippen molar-refractivity contribution >= 4 is 22.5 Å². The van der Waals surface area contributed by atoms with Crippen LogP contribution in [0.15, 0.2) is 71.7 Å². The van der Waals surface area contributed by atoms with E-state index in [-0.39, 0.29) is 11.3 Å². The average molecular weight is 385 g/mol. The number of aryl methyl sites for hydroxylation is 1. The fourth-order valence-electron chi connectivity index (χ4n) is 3.48. The molecule has 6 heteroatoms. The molecule has 0 unspecified atom stereocenters. The molecule has 0 aliphatic heterocycles. The highest BCUT2D eigenvalue weighted by molar-refractivity contribution is 6.17. The van der Waals surface area contributed by atoms with Crippen molar-refractivity contribution in [2.24, 2.45) is 7.05 Å². The lowest BCUT2D eigenvalue weighted by Gasteiger charge is -2.16. The second kappa shape index (κ2) is 7.24. The van der Waals surface area contributed by atoms with Gasteiger partial charge in [-0.25, -0.2) is 4.98 Å². The lowest BCUT2D eigenvalue weighted by atomic mass is 9.91. The molecule has 0 fully saturated rings. The molecule has 0 bridgehead atoms. The zero-order valence-electron chi connectivity index (χ0n) is 16.0. The molecule has 0 amide bonds. The Morgan fingerprint density at radius 3 is 2.55 bits per heavy atom. The van der Waals surface area contributed by atoms with Crippen LogP contribution < -0.4 is 16.0 Å². The van der Waals surface area contributed by atoms with Gasteiger partial charge in [0.2, 0.25) is 0 Å². The third-order valence-corrected chi connectivity index (χ3v) is 4.92. The molecule has 0 saturated heterocycles. The fraction of sp³-hybridized carbons (Fsp3) is 0.0870. The number of ether oxygens (including phenoxy) is 1. The second-order valence-electron chi connectivity index (χ2n) is 6.64. The highest BCUT2D eigenvalue weighted by Gasteiger charge is 2.25. The Labute approximate surface area is 167 Å². The van der Waals surface area contributed by atoms with Crippen LogP contribution in [0.3, 0.4) is 0 Å². The Bertz CT molecular complexity index is 1290. The zero-order valence-corrected chi connectivity index (χ0v) is 16.0. The number of nitrogen functional groups attached to an aromatic ring is 1. The molecular formula is C23H19N3O3. The fourth-order valence-corrected chi connectivity index (χ4v) is 3.48. The molecule has 0 aliphatic carbocycles. The number of benzene rings is 2. The van der Waals surface area contributed by atoms with Crippen LogP contribution in [-0.2, 0) is 7.05 Å². The van der Waals surface area contributed by atoms with Crippen LogP contribution in [0.1, 0.15) is 15.9 Å². The highest BCUT2D eigenvalue weighted by Crippen LogP contribution is 2.35. The van der Waals surface area contributed by atoms with Crippen molar-refractivity contribution in [2.45, 2.75) is 0 Å². The summed E-state index contributed by atoms with van der Waals surface area (Å²) in [6, 6.07) is 17.6. The molecule has 0 aliphatic rings. The van der Waals surface area contributed by atoms with E-state index in [9.17, 15) is 9.59 Å². The predicted octanol–water partition coefficient (Wildman–Crippen LogP) is 3.42. The number of pyridine rings is 2. The van der Waals surface area contributed by atoms with Crippen LogP contribution in [0.2, 0.25) is 0 Å². The van der Waals surface area contributed by atoms with Gasteiger partial charge in [-0.1, -0.05) is 42.5 Å². The van der Waals surface area contributed by atoms with Crippen molar-refractivity contribution in [3.8, 4) is 16.9 Å². The molecule has 4 rings (SSSR count). The van der Waals surface area contributed by atoms with Crippen LogP contribution in [0, 0.1) is 0 Å². The highest BCUT2D eigenvalue weighted by atomic mass is 16.5. The smallest absolute Gasteiger partial charge is 0.263 e. The van der Waals surface area contributed by atoms with Gasteiger partial charge in [0.15, 0.2) is 5.78 Å². The molecule has 4 aromatic rings. The van der Waals surface area contributed by atoms with E-state index in [0.717, 1.165) is 0 Å². The molecule has 0 radical (unpaired) electrons. The number of fused-ring (bicyclic) bond motifs is 1. The van der Waals surface area contributed by atoms with Crippen LogP contribution in [-0.4, -0.2) is 22.4 Å². The number of anilines is 1. The summed E-state index contributed by atoms with van der Waals surface area (Å²) in [5.41, 5.74) is 8.31. The minimum absolute atomic E-state index is 0.0548. The van der Waals surface area contributed by atoms with Gasteiger partial charge in [-0.2, -0.15) is 0 Å². The van der Waals surface area contributed by atoms with Gasteiger partial charge >= 0.3 is 0 Å². The van der Waals surface area contributed by atoms with Crippen LogP contribution in [0.25, 0.3) is 22.2 Å². The summed E-state index contributed by atoms with van der Waals surface area (Å²) in [6.07, 6.45) is 1.55. The first-order valence-electron chi connectivity index (χ1n) is 9.04. The third-order valence-electron chi connectivity index (χ3n) is 4.92. The van der Waals surface area contributed by atoms with E-state index in [2.05, 4.69) is 4.98 Å². The van der Waals surface area contributed by atoms with Crippen molar-refractivity contribution in [3.05, 3.63) is 88.3 Å². The summed E-state index contributed by atoms with van der Waals surface area (Å²) in [5.74, 6) is 0.242. The van der Waals surface area contributed by atoms with Crippen molar-refractivity contribution in [3.63, 3.8) is 0 Å². The minimum atomic E-state index is -0.428. The number of hydrogen-bond donors (Lipinski definition) is 1. The maximum Gasteiger partial charge on any atom is 0.263 e. The number of nitrogens with zero attached hydrogens (tertiary/aromatic N) is 2. The van der Waals surface area contributed by atoms with Gasteiger partial charge in [0.25, 0.3) is 5.56 Å². The number of methoxy groups -OCH3 is 1. The second-order valence-corrected chi connectivity index (χ2v) is 6.64. The number of aromatic nitrogens is 2. The lowest BCUT2D eigenvalue weighted by molar-refractivity contribution is 0.103. The predicted molar refractivity (Wildman–Crippen MR) is 113 cm³/mol. The van der Waals surface area contributed by atoms with Crippen molar-refractivity contribution < 1.29 is 9.53 Å². The first-order valence-corrected chi connectivity index (χ1v) is 9.04. The minimum Gasteiger partial charge on any atom is -0.497 e. The van der Waals surface area contributed by atoms with Gasteiger partial charge in [0, 0.05) is 35.4 Å². The number of rotatable bonds is 4. The maximum atomic E-state index is 13.4. The summed E-state index contributed by atoms with van der Waals surface area (Å²) in [4.78, 5) is 31.0. The third kappa shape index (κ3) is 3.04. The zero-order chi connectivity index (χ0) is 20.5. The van der Waals surface area contributed by atoms with Gasteiger partial charge in [0.1, 0.15) is 11.4 Å². The van der Waals surface area contributed by atoms with Crippen LogP contribution in [0.4, 0.5) is 5.69 Å². The number of carbonyl (C=O) groups excluding carboxylic acids is 1. The van der Waals surface area contributed by atoms with Crippen molar-refractivity contribution in [1.29, 1.82) is 0 Å². The Kier molecular flexibility index (Phi) is 4.60. The topological polar surface area (TPSA) is 87.2 Å². The van der Waals surface area contributed by atoms with E-state index in [0.29, 0.717) is 39.2 Å². The van der Waals surface area contributed by atoms with E-state index in [4.69, 9.17) is 10.5 Å². The summed E-state index contributed by atoms with van der Waals surface area (Å²) in [6.45, 7) is 0. The maximum absolute atomic E-state index is 13.4.